The van der Waals surface area contributed by atoms with Crippen LogP contribution in [0.2, 0.25) is 0 Å². The Hall–Kier alpha value is -3.76. The number of benzene rings is 2. The molecule has 41 heavy (non-hydrogen) atoms. The molecule has 16 heteroatoms. The lowest BCUT2D eigenvalue weighted by molar-refractivity contribution is 0.0456. The molecule has 0 spiro atoms. The first kappa shape index (κ1) is 27.4. The van der Waals surface area contributed by atoms with Crippen LogP contribution < -0.4 is 21.7 Å². The molecule has 1 saturated heterocycles. The molecule has 0 unspecified atom stereocenters. The molecule has 1 fully saturated rings. The van der Waals surface area contributed by atoms with Crippen molar-refractivity contribution in [2.75, 3.05) is 22.7 Å². The van der Waals surface area contributed by atoms with Crippen LogP contribution >= 0.6 is 10.2 Å². The maximum Gasteiger partial charge on any atom is 0.310 e. The molecular weight excluding hydrogens is 574 g/mol. The zero-order valence-electron chi connectivity index (χ0n) is 21.6. The van der Waals surface area contributed by atoms with Crippen molar-refractivity contribution < 1.29 is 28.6 Å². The van der Waals surface area contributed by atoms with E-state index < -0.39 is 20.9 Å². The van der Waals surface area contributed by atoms with E-state index in [0.717, 1.165) is 23.4 Å². The largest absolute Gasteiger partial charge is 0.336 e. The lowest BCUT2D eigenvalue weighted by atomic mass is 9.96. The second-order valence-corrected chi connectivity index (χ2v) is 12.9. The molecule has 2 atom stereocenters. The summed E-state index contributed by atoms with van der Waals surface area (Å²) in [7, 11) is -9.75. The fraction of sp³-hybridized carbons (Fsp3) is 0.320. The van der Waals surface area contributed by atoms with Gasteiger partial charge < -0.3 is 21.1 Å². The average Bonchev–Trinajstić information content (AvgIpc) is 3.53. The first-order valence-corrected chi connectivity index (χ1v) is 14.7. The smallest absolute Gasteiger partial charge is 0.310 e. The summed E-state index contributed by atoms with van der Waals surface area (Å²) < 4.78 is 79.6. The van der Waals surface area contributed by atoms with E-state index in [0.29, 0.717) is 56.0 Å². The summed E-state index contributed by atoms with van der Waals surface area (Å²) in [6.07, 6.45) is 2.98. The number of amides is 1. The molecule has 1 aromatic heterocycles. The third-order valence-electron chi connectivity index (χ3n) is 7.59. The van der Waals surface area contributed by atoms with Gasteiger partial charge in [-0.1, -0.05) is 19.4 Å². The fourth-order valence-corrected chi connectivity index (χ4v) is 6.12. The van der Waals surface area contributed by atoms with Crippen LogP contribution in [0.5, 0.6) is 0 Å². The molecule has 4 heterocycles. The molecule has 3 aliphatic heterocycles. The van der Waals surface area contributed by atoms with Crippen molar-refractivity contribution in [3.05, 3.63) is 65.2 Å². The fourth-order valence-electron chi connectivity index (χ4n) is 5.47. The van der Waals surface area contributed by atoms with Crippen LogP contribution in [0.25, 0.3) is 0 Å². The number of nitrogens with one attached hydrogen (secondary N) is 4. The molecule has 4 N–H and O–H groups in total. The van der Waals surface area contributed by atoms with Crippen LogP contribution in [-0.2, 0) is 13.1 Å². The van der Waals surface area contributed by atoms with E-state index >= 15 is 0 Å². The van der Waals surface area contributed by atoms with Crippen molar-refractivity contribution in [3.8, 4) is 0 Å². The number of carbonyl (C=O) groups is 1. The van der Waals surface area contributed by atoms with Crippen molar-refractivity contribution in [1.82, 2.24) is 25.3 Å². The van der Waals surface area contributed by atoms with E-state index in [1.54, 1.807) is 11.1 Å². The predicted molar refractivity (Wildman–Crippen MR) is 143 cm³/mol. The normalized spacial score (nSPS) is 22.2. The molecule has 3 aliphatic rings. The standard InChI is InChI=1S/C25H26F6N8OS/c1-14-8-17(6-7-39(14)24(40)19-9-21-22(10-20(19)26)36-37-35-21)38-12-15-11-32-25(34-23(15)13-38)33-16-2-4-18(5-3-16)41(27,28,29,30)31/h2-5,9-11,14,17,35-37H,6-8,12-13H2,1H3,(H,32,33,34)/t14-,17-/m1/s1. The Bertz CT molecular complexity index is 1540. The number of hydrogen-bond donors (Lipinski definition) is 4. The minimum Gasteiger partial charge on any atom is -0.336 e. The Kier molecular flexibility index (Phi) is 5.93. The summed E-state index contributed by atoms with van der Waals surface area (Å²) in [6, 6.07) is 5.25. The van der Waals surface area contributed by atoms with Gasteiger partial charge in [-0.3, -0.25) is 9.69 Å². The molecule has 3 aromatic rings. The van der Waals surface area contributed by atoms with Gasteiger partial charge in [-0.05, 0) is 50.1 Å². The van der Waals surface area contributed by atoms with Gasteiger partial charge in [0.15, 0.2) is 0 Å². The highest BCUT2D eigenvalue weighted by molar-refractivity contribution is 8.45. The van der Waals surface area contributed by atoms with Gasteiger partial charge in [-0.2, -0.15) is 0 Å². The van der Waals surface area contributed by atoms with Crippen molar-refractivity contribution in [2.45, 2.75) is 49.8 Å². The third-order valence-corrected chi connectivity index (χ3v) is 8.76. The van der Waals surface area contributed by atoms with Gasteiger partial charge in [0.1, 0.15) is 10.7 Å². The summed E-state index contributed by atoms with van der Waals surface area (Å²) >= 11 is 0. The first-order chi connectivity index (χ1) is 19.1. The molecule has 0 saturated carbocycles. The number of anilines is 4. The van der Waals surface area contributed by atoms with E-state index in [1.165, 1.54) is 12.1 Å². The SMILES string of the molecule is C[C@@H]1C[C@H](N2Cc3cnc(Nc4ccc(S(F)(F)(F)(F)F)cc4)nc3C2)CCN1C(=O)c1cc2c(cc1F)NNN2. The molecule has 1 amide bonds. The highest BCUT2D eigenvalue weighted by atomic mass is 32.5. The van der Waals surface area contributed by atoms with Gasteiger partial charge >= 0.3 is 10.2 Å². The summed E-state index contributed by atoms with van der Waals surface area (Å²) in [5.74, 6) is -0.838. The van der Waals surface area contributed by atoms with Crippen molar-refractivity contribution in [3.63, 3.8) is 0 Å². The van der Waals surface area contributed by atoms with Gasteiger partial charge in [0.05, 0.1) is 22.6 Å². The average molecular weight is 601 g/mol. The minimum absolute atomic E-state index is 0.000794. The molecular formula is C25H26F6N8OS. The maximum absolute atomic E-state index is 14.7. The van der Waals surface area contributed by atoms with Gasteiger partial charge in [0, 0.05) is 55.2 Å². The lowest BCUT2D eigenvalue weighted by Crippen LogP contribution is -2.50. The van der Waals surface area contributed by atoms with E-state index in [-0.39, 0.29) is 35.2 Å². The van der Waals surface area contributed by atoms with Gasteiger partial charge in [0.2, 0.25) is 5.95 Å². The second kappa shape index (κ2) is 8.87. The number of fused-ring (bicyclic) bond motifs is 2. The van der Waals surface area contributed by atoms with E-state index in [1.807, 2.05) is 6.92 Å². The van der Waals surface area contributed by atoms with Crippen LogP contribution in [0.15, 0.2) is 47.5 Å². The zero-order valence-corrected chi connectivity index (χ0v) is 22.4. The molecule has 0 bridgehead atoms. The summed E-state index contributed by atoms with van der Waals surface area (Å²) in [6.45, 7) is 3.48. The molecule has 0 radical (unpaired) electrons. The number of piperidine rings is 1. The number of rotatable bonds is 5. The van der Waals surface area contributed by atoms with Gasteiger partial charge in [-0.15, -0.1) is 5.53 Å². The maximum atomic E-state index is 14.7. The third kappa shape index (κ3) is 5.46. The number of aromatic nitrogens is 2. The molecule has 0 aliphatic carbocycles. The quantitative estimate of drug-likeness (QED) is 0.254. The number of nitrogens with zero attached hydrogens (tertiary/aromatic N) is 4. The molecule has 9 nitrogen and oxygen atoms in total. The first-order valence-electron chi connectivity index (χ1n) is 12.8. The highest BCUT2D eigenvalue weighted by Crippen LogP contribution is 3.02. The molecule has 220 valence electrons. The monoisotopic (exact) mass is 600 g/mol. The second-order valence-electron chi connectivity index (χ2n) is 10.5. The topological polar surface area (TPSA) is 97.5 Å². The summed E-state index contributed by atoms with van der Waals surface area (Å²) in [5.41, 5.74) is 11.1. The minimum atomic E-state index is -9.75. The van der Waals surface area contributed by atoms with Crippen LogP contribution in [-0.4, -0.2) is 44.3 Å². The Morgan fingerprint density at radius 2 is 1.76 bits per heavy atom. The van der Waals surface area contributed by atoms with E-state index in [4.69, 9.17) is 0 Å². The van der Waals surface area contributed by atoms with Crippen molar-refractivity contribution in [1.29, 1.82) is 0 Å². The summed E-state index contributed by atoms with van der Waals surface area (Å²) in [5, 5.41) is 2.77. The predicted octanol–water partition coefficient (Wildman–Crippen LogP) is 6.28. The zero-order chi connectivity index (χ0) is 29.2. The number of carbonyl (C=O) groups excluding carboxylic acids is 1. The summed E-state index contributed by atoms with van der Waals surface area (Å²) in [4.78, 5) is 23.9. The van der Waals surface area contributed by atoms with Gasteiger partial charge in [-0.25, -0.2) is 14.4 Å². The van der Waals surface area contributed by atoms with Crippen LogP contribution in [0.4, 0.5) is 46.8 Å². The Morgan fingerprint density at radius 1 is 1.05 bits per heavy atom. The van der Waals surface area contributed by atoms with Crippen LogP contribution in [0.1, 0.15) is 41.4 Å². The lowest BCUT2D eigenvalue weighted by Gasteiger charge is -2.41. The van der Waals surface area contributed by atoms with Crippen molar-refractivity contribution in [2.24, 2.45) is 0 Å². The van der Waals surface area contributed by atoms with Crippen LogP contribution in [0.3, 0.4) is 0 Å². The molecule has 6 rings (SSSR count). The Labute approximate surface area is 231 Å². The Balaban J connectivity index is 1.09. The van der Waals surface area contributed by atoms with E-state index in [9.17, 15) is 28.6 Å². The van der Waals surface area contributed by atoms with Crippen LogP contribution in [0, 0.1) is 5.82 Å². The van der Waals surface area contributed by atoms with E-state index in [2.05, 4.69) is 36.6 Å². The highest BCUT2D eigenvalue weighted by Gasteiger charge is 2.65. The number of hydrazine groups is 2. The number of likely N-dealkylation sites (tertiary alicyclic amines) is 1. The number of halogens is 6. The van der Waals surface area contributed by atoms with Gasteiger partial charge in [0.25, 0.3) is 5.91 Å². The number of hydrogen-bond acceptors (Lipinski definition) is 8. The Morgan fingerprint density at radius 3 is 2.44 bits per heavy atom. The molecule has 2 aromatic carbocycles. The van der Waals surface area contributed by atoms with Crippen molar-refractivity contribution >= 4 is 39.1 Å².